The van der Waals surface area contributed by atoms with E-state index in [9.17, 15) is 4.79 Å². The van der Waals surface area contributed by atoms with E-state index in [4.69, 9.17) is 4.74 Å². The van der Waals surface area contributed by atoms with Crippen molar-refractivity contribution in [2.45, 2.75) is 33.8 Å². The average Bonchev–Trinajstić information content (AvgIpc) is 2.72. The molecule has 1 aromatic heterocycles. The van der Waals surface area contributed by atoms with Crippen LogP contribution in [0.5, 0.6) is 5.75 Å². The fourth-order valence-corrected chi connectivity index (χ4v) is 1.79. The van der Waals surface area contributed by atoms with Crippen molar-refractivity contribution in [3.05, 3.63) is 41.2 Å². The van der Waals surface area contributed by atoms with Crippen LogP contribution in [0.4, 0.5) is 5.69 Å². The molecule has 106 valence electrons. The molecular weight excluding hydrogens is 254 g/mol. The molecule has 0 atom stereocenters. The number of hydrogen-bond acceptors (Lipinski definition) is 3. The number of nitrogens with one attached hydrogen (secondary N) is 2. The zero-order valence-corrected chi connectivity index (χ0v) is 12.2. The number of H-pyrrole nitrogens is 1. The SMILES string of the molecule is Cc1[nH]nc(C(=O)Nc2ccc(OC(C)C)cc2)c1C. The van der Waals surface area contributed by atoms with Gasteiger partial charge in [0.05, 0.1) is 6.10 Å². The van der Waals surface area contributed by atoms with E-state index in [2.05, 4.69) is 15.5 Å². The summed E-state index contributed by atoms with van der Waals surface area (Å²) in [5.41, 5.74) is 2.90. The maximum absolute atomic E-state index is 12.1. The normalized spacial score (nSPS) is 10.7. The summed E-state index contributed by atoms with van der Waals surface area (Å²) < 4.78 is 5.55. The quantitative estimate of drug-likeness (QED) is 0.899. The van der Waals surface area contributed by atoms with Crippen LogP contribution >= 0.6 is 0 Å². The molecule has 0 aliphatic carbocycles. The number of carbonyl (C=O) groups is 1. The Kier molecular flexibility index (Phi) is 4.08. The number of rotatable bonds is 4. The lowest BCUT2D eigenvalue weighted by atomic mass is 10.2. The van der Waals surface area contributed by atoms with Crippen molar-refractivity contribution in [1.82, 2.24) is 10.2 Å². The van der Waals surface area contributed by atoms with Crippen molar-refractivity contribution in [2.24, 2.45) is 0 Å². The molecule has 2 N–H and O–H groups in total. The number of hydrogen-bond donors (Lipinski definition) is 2. The van der Waals surface area contributed by atoms with Gasteiger partial charge in [-0.15, -0.1) is 0 Å². The van der Waals surface area contributed by atoms with Crippen molar-refractivity contribution in [3.8, 4) is 5.75 Å². The van der Waals surface area contributed by atoms with Gasteiger partial charge in [0, 0.05) is 16.9 Å². The molecule has 0 aliphatic heterocycles. The molecule has 5 nitrogen and oxygen atoms in total. The number of nitrogens with zero attached hydrogens (tertiary/aromatic N) is 1. The van der Waals surface area contributed by atoms with Crippen molar-refractivity contribution in [2.75, 3.05) is 5.32 Å². The van der Waals surface area contributed by atoms with E-state index >= 15 is 0 Å². The molecule has 1 aromatic carbocycles. The van der Waals surface area contributed by atoms with Gasteiger partial charge in [0.25, 0.3) is 5.91 Å². The summed E-state index contributed by atoms with van der Waals surface area (Å²) in [7, 11) is 0. The van der Waals surface area contributed by atoms with Crippen LogP contribution in [-0.2, 0) is 0 Å². The molecule has 0 bridgehead atoms. The Morgan fingerprint density at radius 3 is 2.40 bits per heavy atom. The van der Waals surface area contributed by atoms with E-state index in [0.717, 1.165) is 17.0 Å². The summed E-state index contributed by atoms with van der Waals surface area (Å²) in [6.45, 7) is 7.70. The highest BCUT2D eigenvalue weighted by atomic mass is 16.5. The zero-order chi connectivity index (χ0) is 14.7. The molecule has 0 spiro atoms. The molecule has 5 heteroatoms. The van der Waals surface area contributed by atoms with Gasteiger partial charge in [-0.05, 0) is 52.0 Å². The van der Waals surface area contributed by atoms with Gasteiger partial charge in [-0.3, -0.25) is 9.89 Å². The van der Waals surface area contributed by atoms with Crippen LogP contribution in [-0.4, -0.2) is 22.2 Å². The van der Waals surface area contributed by atoms with Gasteiger partial charge < -0.3 is 10.1 Å². The van der Waals surface area contributed by atoms with E-state index in [1.807, 2.05) is 52.0 Å². The number of benzene rings is 1. The Morgan fingerprint density at radius 1 is 1.25 bits per heavy atom. The van der Waals surface area contributed by atoms with Gasteiger partial charge >= 0.3 is 0 Å². The first-order chi connectivity index (χ1) is 9.47. The van der Waals surface area contributed by atoms with Crippen LogP contribution < -0.4 is 10.1 Å². The van der Waals surface area contributed by atoms with Crippen LogP contribution in [0, 0.1) is 13.8 Å². The van der Waals surface area contributed by atoms with Crippen LogP contribution in [0.3, 0.4) is 0 Å². The molecule has 20 heavy (non-hydrogen) atoms. The molecule has 1 amide bonds. The third-order valence-corrected chi connectivity index (χ3v) is 2.95. The van der Waals surface area contributed by atoms with E-state index in [-0.39, 0.29) is 12.0 Å². The van der Waals surface area contributed by atoms with Gasteiger partial charge in [0.1, 0.15) is 5.75 Å². The summed E-state index contributed by atoms with van der Waals surface area (Å²) in [5.74, 6) is 0.564. The average molecular weight is 273 g/mol. The molecule has 0 radical (unpaired) electrons. The van der Waals surface area contributed by atoms with Gasteiger partial charge in [-0.25, -0.2) is 0 Å². The van der Waals surface area contributed by atoms with E-state index in [1.54, 1.807) is 0 Å². The minimum absolute atomic E-state index is 0.130. The largest absolute Gasteiger partial charge is 0.491 e. The lowest BCUT2D eigenvalue weighted by Crippen LogP contribution is -2.13. The van der Waals surface area contributed by atoms with Gasteiger partial charge in [-0.1, -0.05) is 0 Å². The number of aromatic nitrogens is 2. The summed E-state index contributed by atoms with van der Waals surface area (Å²) in [5, 5.41) is 9.63. The number of aromatic amines is 1. The third kappa shape index (κ3) is 3.17. The van der Waals surface area contributed by atoms with E-state index in [0.29, 0.717) is 11.4 Å². The molecule has 2 rings (SSSR count). The number of ether oxygens (including phenoxy) is 1. The van der Waals surface area contributed by atoms with Gasteiger partial charge in [0.2, 0.25) is 0 Å². The second-order valence-electron chi connectivity index (χ2n) is 4.97. The summed E-state index contributed by atoms with van der Waals surface area (Å²) in [4.78, 5) is 12.1. The molecule has 2 aromatic rings. The second kappa shape index (κ2) is 5.77. The molecule has 0 saturated carbocycles. The number of carbonyl (C=O) groups excluding carboxylic acids is 1. The molecule has 1 heterocycles. The maximum atomic E-state index is 12.1. The molecule has 0 saturated heterocycles. The van der Waals surface area contributed by atoms with E-state index in [1.165, 1.54) is 0 Å². The van der Waals surface area contributed by atoms with Crippen molar-refractivity contribution >= 4 is 11.6 Å². The fraction of sp³-hybridized carbons (Fsp3) is 0.333. The van der Waals surface area contributed by atoms with Crippen LogP contribution in [0.2, 0.25) is 0 Å². The zero-order valence-electron chi connectivity index (χ0n) is 12.2. The van der Waals surface area contributed by atoms with Crippen molar-refractivity contribution < 1.29 is 9.53 Å². The lowest BCUT2D eigenvalue weighted by Gasteiger charge is -2.10. The number of anilines is 1. The number of aryl methyl sites for hydroxylation is 1. The minimum Gasteiger partial charge on any atom is -0.491 e. The highest BCUT2D eigenvalue weighted by Crippen LogP contribution is 2.18. The monoisotopic (exact) mass is 273 g/mol. The molecule has 0 aliphatic rings. The molecule has 0 fully saturated rings. The topological polar surface area (TPSA) is 67.0 Å². The summed E-state index contributed by atoms with van der Waals surface area (Å²) >= 11 is 0. The van der Waals surface area contributed by atoms with Crippen LogP contribution in [0.15, 0.2) is 24.3 Å². The standard InChI is InChI=1S/C15H19N3O2/c1-9(2)20-13-7-5-12(6-8-13)16-15(19)14-10(3)11(4)17-18-14/h5-9H,1-4H3,(H,16,19)(H,17,18). The van der Waals surface area contributed by atoms with E-state index < -0.39 is 0 Å². The first kappa shape index (κ1) is 14.1. The smallest absolute Gasteiger partial charge is 0.276 e. The lowest BCUT2D eigenvalue weighted by molar-refractivity contribution is 0.102. The minimum atomic E-state index is -0.218. The van der Waals surface area contributed by atoms with Gasteiger partial charge in [0.15, 0.2) is 5.69 Å². The summed E-state index contributed by atoms with van der Waals surface area (Å²) in [6.07, 6.45) is 0.130. The van der Waals surface area contributed by atoms with Crippen LogP contribution in [0.25, 0.3) is 0 Å². The maximum Gasteiger partial charge on any atom is 0.276 e. The van der Waals surface area contributed by atoms with Gasteiger partial charge in [-0.2, -0.15) is 5.10 Å². The molecular formula is C15H19N3O2. The first-order valence-corrected chi connectivity index (χ1v) is 6.57. The third-order valence-electron chi connectivity index (χ3n) is 2.95. The number of amides is 1. The van der Waals surface area contributed by atoms with Crippen molar-refractivity contribution in [1.29, 1.82) is 0 Å². The first-order valence-electron chi connectivity index (χ1n) is 6.57. The van der Waals surface area contributed by atoms with Crippen LogP contribution in [0.1, 0.15) is 35.6 Å². The molecule has 0 unspecified atom stereocenters. The predicted molar refractivity (Wildman–Crippen MR) is 78.2 cm³/mol. The second-order valence-corrected chi connectivity index (χ2v) is 4.97. The summed E-state index contributed by atoms with van der Waals surface area (Å²) in [6, 6.07) is 7.28. The van der Waals surface area contributed by atoms with Crippen molar-refractivity contribution in [3.63, 3.8) is 0 Å². The Hall–Kier alpha value is -2.30. The Labute approximate surface area is 118 Å². The Morgan fingerprint density at radius 2 is 1.90 bits per heavy atom. The predicted octanol–water partition coefficient (Wildman–Crippen LogP) is 3.07. The highest BCUT2D eigenvalue weighted by molar-refractivity contribution is 6.03. The Bertz CT molecular complexity index is 600. The highest BCUT2D eigenvalue weighted by Gasteiger charge is 2.14. The fourth-order valence-electron chi connectivity index (χ4n) is 1.79. The Balaban J connectivity index is 2.06.